The second kappa shape index (κ2) is 6.53. The molecule has 1 fully saturated rings. The number of H-pyrrole nitrogens is 1. The van der Waals surface area contributed by atoms with Crippen LogP contribution in [0.1, 0.15) is 0 Å². The first-order valence-corrected chi connectivity index (χ1v) is 7.52. The molecule has 0 radical (unpaired) electrons. The highest BCUT2D eigenvalue weighted by atomic mass is 16.2. The topological polar surface area (TPSA) is 103 Å². The lowest BCUT2D eigenvalue weighted by molar-refractivity contribution is -0.129. The maximum atomic E-state index is 12.0. The lowest BCUT2D eigenvalue weighted by Gasteiger charge is -2.39. The van der Waals surface area contributed by atoms with Crippen molar-refractivity contribution in [2.75, 3.05) is 30.8 Å². The predicted molar refractivity (Wildman–Crippen MR) is 91.8 cm³/mol. The fourth-order valence-corrected chi connectivity index (χ4v) is 2.48. The quantitative estimate of drug-likeness (QED) is 0.698. The third-order valence-corrected chi connectivity index (χ3v) is 3.81. The van der Waals surface area contributed by atoms with Gasteiger partial charge in [-0.15, -0.1) is 0 Å². The van der Waals surface area contributed by atoms with Crippen LogP contribution in [0.2, 0.25) is 0 Å². The molecule has 3 N–H and O–H groups in total. The molecule has 0 unspecified atom stereocenters. The summed E-state index contributed by atoms with van der Waals surface area (Å²) in [7, 11) is 1.74. The van der Waals surface area contributed by atoms with Gasteiger partial charge in [0.1, 0.15) is 5.69 Å². The summed E-state index contributed by atoms with van der Waals surface area (Å²) in [6, 6.07) is 3.56. The molecule has 1 aliphatic rings. The molecule has 0 saturated carbocycles. The van der Waals surface area contributed by atoms with Gasteiger partial charge in [0.25, 0.3) is 5.56 Å². The Morgan fingerprint density at radius 2 is 2.29 bits per heavy atom. The second-order valence-electron chi connectivity index (χ2n) is 5.44. The van der Waals surface area contributed by atoms with E-state index in [1.165, 1.54) is 6.08 Å². The van der Waals surface area contributed by atoms with E-state index < -0.39 is 0 Å². The highest BCUT2D eigenvalue weighted by Crippen LogP contribution is 2.20. The molecule has 0 bridgehead atoms. The van der Waals surface area contributed by atoms with Gasteiger partial charge in [0.15, 0.2) is 0 Å². The van der Waals surface area contributed by atoms with Crippen LogP contribution in [0.5, 0.6) is 0 Å². The fraction of sp³-hybridized carbons (Fsp3) is 0.250. The average molecular weight is 326 g/mol. The number of likely N-dealkylation sites (tertiary alicyclic amines) is 1. The van der Waals surface area contributed by atoms with Crippen molar-refractivity contribution in [1.29, 1.82) is 0 Å². The summed E-state index contributed by atoms with van der Waals surface area (Å²) in [6.07, 6.45) is 4.55. The minimum atomic E-state index is -0.213. The van der Waals surface area contributed by atoms with Gasteiger partial charge >= 0.3 is 0 Å². The fourth-order valence-electron chi connectivity index (χ4n) is 2.48. The molecule has 3 heterocycles. The van der Waals surface area contributed by atoms with Crippen molar-refractivity contribution in [3.05, 3.63) is 47.5 Å². The van der Waals surface area contributed by atoms with Crippen molar-refractivity contribution < 1.29 is 4.79 Å². The average Bonchev–Trinajstić information content (AvgIpc) is 2.58. The van der Waals surface area contributed by atoms with Crippen LogP contribution in [-0.2, 0) is 4.79 Å². The molecule has 8 heteroatoms. The zero-order valence-electron chi connectivity index (χ0n) is 13.2. The molecular formula is C16H18N6O2. The number of aromatic amines is 1. The van der Waals surface area contributed by atoms with E-state index in [9.17, 15) is 9.59 Å². The standard InChI is InChI=1S/C16H18N6O2/c1-3-14(23)22-8-11(9-22)20-13-6-10(7-19-15(13)24)12-4-5-18-16(17-2)21-12/h3-7,11,20H,1,8-9H2,2H3,(H,19,24)(H,17,18,21). The number of hydrogen-bond acceptors (Lipinski definition) is 6. The van der Waals surface area contributed by atoms with E-state index in [0.29, 0.717) is 30.4 Å². The Morgan fingerprint density at radius 1 is 1.50 bits per heavy atom. The summed E-state index contributed by atoms with van der Waals surface area (Å²) < 4.78 is 0. The van der Waals surface area contributed by atoms with Crippen LogP contribution in [0.3, 0.4) is 0 Å². The van der Waals surface area contributed by atoms with Crippen molar-refractivity contribution in [3.63, 3.8) is 0 Å². The Hall–Kier alpha value is -3.16. The number of rotatable bonds is 5. The lowest BCUT2D eigenvalue weighted by Crippen LogP contribution is -2.56. The molecule has 0 atom stereocenters. The Kier molecular flexibility index (Phi) is 4.28. The van der Waals surface area contributed by atoms with Crippen molar-refractivity contribution in [1.82, 2.24) is 19.9 Å². The van der Waals surface area contributed by atoms with Gasteiger partial charge in [0.05, 0.1) is 11.7 Å². The third-order valence-electron chi connectivity index (χ3n) is 3.81. The van der Waals surface area contributed by atoms with E-state index in [1.807, 2.05) is 0 Å². The lowest BCUT2D eigenvalue weighted by atomic mass is 10.1. The highest BCUT2D eigenvalue weighted by Gasteiger charge is 2.29. The molecule has 1 amide bonds. The molecule has 2 aromatic heterocycles. The molecule has 1 aliphatic heterocycles. The molecule has 0 aromatic carbocycles. The summed E-state index contributed by atoms with van der Waals surface area (Å²) in [4.78, 5) is 36.3. The summed E-state index contributed by atoms with van der Waals surface area (Å²) >= 11 is 0. The first kappa shape index (κ1) is 15.7. The van der Waals surface area contributed by atoms with Crippen LogP contribution in [-0.4, -0.2) is 51.9 Å². The smallest absolute Gasteiger partial charge is 0.271 e. The number of aromatic nitrogens is 3. The predicted octanol–water partition coefficient (Wildman–Crippen LogP) is 0.682. The van der Waals surface area contributed by atoms with Gasteiger partial charge in [-0.3, -0.25) is 9.59 Å². The summed E-state index contributed by atoms with van der Waals surface area (Å²) in [5, 5.41) is 6.04. The molecule has 0 spiro atoms. The first-order chi connectivity index (χ1) is 11.6. The van der Waals surface area contributed by atoms with E-state index in [2.05, 4.69) is 32.2 Å². The number of amides is 1. The number of pyridine rings is 1. The minimum absolute atomic E-state index is 0.0449. The summed E-state index contributed by atoms with van der Waals surface area (Å²) in [6.45, 7) is 4.56. The minimum Gasteiger partial charge on any atom is -0.374 e. The van der Waals surface area contributed by atoms with Gasteiger partial charge in [0.2, 0.25) is 11.9 Å². The molecule has 1 saturated heterocycles. The summed E-state index contributed by atoms with van der Waals surface area (Å²) in [5.74, 6) is 0.405. The number of hydrogen-bond donors (Lipinski definition) is 3. The van der Waals surface area contributed by atoms with Gasteiger partial charge in [-0.05, 0) is 18.2 Å². The monoisotopic (exact) mass is 326 g/mol. The van der Waals surface area contributed by atoms with Crippen LogP contribution in [0.15, 0.2) is 42.0 Å². The van der Waals surface area contributed by atoms with Crippen LogP contribution in [0.4, 0.5) is 11.6 Å². The highest BCUT2D eigenvalue weighted by molar-refractivity contribution is 5.87. The molecular weight excluding hydrogens is 308 g/mol. The van der Waals surface area contributed by atoms with Crippen molar-refractivity contribution in [3.8, 4) is 11.3 Å². The van der Waals surface area contributed by atoms with Gasteiger partial charge in [-0.2, -0.15) is 0 Å². The number of anilines is 2. The normalized spacial score (nSPS) is 14.0. The Labute approximate surface area is 138 Å². The SMILES string of the molecule is C=CC(=O)N1CC(Nc2cc(-c3ccnc(NC)n3)c[nH]c2=O)C1. The van der Waals surface area contributed by atoms with Gasteiger partial charge in [-0.25, -0.2) is 9.97 Å². The molecule has 2 aromatic rings. The maximum absolute atomic E-state index is 12.0. The van der Waals surface area contributed by atoms with E-state index >= 15 is 0 Å². The van der Waals surface area contributed by atoms with Crippen LogP contribution < -0.4 is 16.2 Å². The Balaban J connectivity index is 1.76. The number of carbonyl (C=O) groups excluding carboxylic acids is 1. The first-order valence-electron chi connectivity index (χ1n) is 7.52. The van der Waals surface area contributed by atoms with Crippen molar-refractivity contribution in [2.24, 2.45) is 0 Å². The molecule has 24 heavy (non-hydrogen) atoms. The van der Waals surface area contributed by atoms with Crippen LogP contribution >= 0.6 is 0 Å². The van der Waals surface area contributed by atoms with Gasteiger partial charge in [0, 0.05) is 38.1 Å². The van der Waals surface area contributed by atoms with E-state index in [0.717, 1.165) is 5.56 Å². The van der Waals surface area contributed by atoms with E-state index in [4.69, 9.17) is 0 Å². The number of nitrogens with zero attached hydrogens (tertiary/aromatic N) is 3. The molecule has 3 rings (SSSR count). The maximum Gasteiger partial charge on any atom is 0.271 e. The van der Waals surface area contributed by atoms with Crippen molar-refractivity contribution in [2.45, 2.75) is 6.04 Å². The van der Waals surface area contributed by atoms with E-state index in [-0.39, 0.29) is 17.5 Å². The van der Waals surface area contributed by atoms with Gasteiger partial charge < -0.3 is 20.5 Å². The Bertz CT molecular complexity index is 825. The zero-order valence-corrected chi connectivity index (χ0v) is 13.2. The third kappa shape index (κ3) is 3.12. The number of carbonyl (C=O) groups is 1. The summed E-state index contributed by atoms with van der Waals surface area (Å²) in [5.41, 5.74) is 1.71. The Morgan fingerprint density at radius 3 is 3.00 bits per heavy atom. The van der Waals surface area contributed by atoms with Crippen LogP contribution in [0.25, 0.3) is 11.3 Å². The zero-order chi connectivity index (χ0) is 17.1. The second-order valence-corrected chi connectivity index (χ2v) is 5.44. The van der Waals surface area contributed by atoms with E-state index in [1.54, 1.807) is 36.5 Å². The van der Waals surface area contributed by atoms with Gasteiger partial charge in [-0.1, -0.05) is 6.58 Å². The largest absolute Gasteiger partial charge is 0.374 e. The van der Waals surface area contributed by atoms with Crippen LogP contribution in [0, 0.1) is 0 Å². The number of nitrogens with one attached hydrogen (secondary N) is 3. The molecule has 124 valence electrons. The molecule has 0 aliphatic carbocycles. The molecule has 8 nitrogen and oxygen atoms in total. The van der Waals surface area contributed by atoms with Crippen molar-refractivity contribution >= 4 is 17.5 Å².